The number of hydrogen-bond donors (Lipinski definition) is 0. The largest absolute Gasteiger partial charge is 0.0839 e. The van der Waals surface area contributed by atoms with Crippen molar-refractivity contribution in [1.29, 1.82) is 0 Å². The molecule has 2 aliphatic rings. The molecular weight excluding hydrogens is 132 g/mol. The molecule has 2 aliphatic carbocycles. The van der Waals surface area contributed by atoms with E-state index in [9.17, 15) is 0 Å². The summed E-state index contributed by atoms with van der Waals surface area (Å²) in [4.78, 5) is 0. The van der Waals surface area contributed by atoms with Crippen LogP contribution in [0.5, 0.6) is 0 Å². The third kappa shape index (κ3) is 1.74. The van der Waals surface area contributed by atoms with Crippen LogP contribution in [-0.4, -0.2) is 0 Å². The monoisotopic (exact) mass is 150 g/mol. The summed E-state index contributed by atoms with van der Waals surface area (Å²) in [5.41, 5.74) is 3.42. The van der Waals surface area contributed by atoms with Crippen molar-refractivity contribution in [3.05, 3.63) is 23.3 Å². The molecule has 2 rings (SSSR count). The maximum Gasteiger partial charge on any atom is -0.0279 e. The second kappa shape index (κ2) is 3.75. The van der Waals surface area contributed by atoms with Crippen LogP contribution >= 0.6 is 0 Å². The van der Waals surface area contributed by atoms with Gasteiger partial charge in [-0.2, -0.15) is 0 Å². The quantitative estimate of drug-likeness (QED) is 0.492. The number of allylic oxidation sites excluding steroid dienone is 4. The number of rotatable bonds is 0. The summed E-state index contributed by atoms with van der Waals surface area (Å²) < 4.78 is 0. The lowest BCUT2D eigenvalue weighted by Gasteiger charge is -2.20. The molecular formula is C11H18. The Hall–Kier alpha value is -0.520. The van der Waals surface area contributed by atoms with E-state index in [0.717, 1.165) is 0 Å². The van der Waals surface area contributed by atoms with Crippen molar-refractivity contribution in [2.75, 3.05) is 0 Å². The van der Waals surface area contributed by atoms with Gasteiger partial charge in [-0.15, -0.1) is 0 Å². The average molecular weight is 150 g/mol. The molecule has 0 fully saturated rings. The summed E-state index contributed by atoms with van der Waals surface area (Å²) in [6.07, 6.45) is 12.9. The predicted molar refractivity (Wildman–Crippen MR) is 50.6 cm³/mol. The predicted octanol–water partition coefficient (Wildman–Crippen LogP) is 3.84. The molecule has 0 radical (unpaired) electrons. The lowest BCUT2D eigenvalue weighted by Crippen LogP contribution is -2.00. The Balaban J connectivity index is 0.000000605. The van der Waals surface area contributed by atoms with Gasteiger partial charge in [0.05, 0.1) is 0 Å². The van der Waals surface area contributed by atoms with E-state index >= 15 is 0 Å². The zero-order chi connectivity index (χ0) is 6.81. The van der Waals surface area contributed by atoms with Crippen LogP contribution in [0.3, 0.4) is 0 Å². The van der Waals surface area contributed by atoms with Gasteiger partial charge in [-0.05, 0) is 44.1 Å². The minimum absolute atomic E-state index is 0. The molecule has 0 aliphatic heterocycles. The first-order valence-corrected chi connectivity index (χ1v) is 4.34. The Bertz CT molecular complexity index is 184. The topological polar surface area (TPSA) is 0 Å². The van der Waals surface area contributed by atoms with E-state index in [0.29, 0.717) is 0 Å². The van der Waals surface area contributed by atoms with Gasteiger partial charge in [0.15, 0.2) is 0 Å². The summed E-state index contributed by atoms with van der Waals surface area (Å²) in [6, 6.07) is 0. The second-order valence-corrected chi connectivity index (χ2v) is 3.28. The van der Waals surface area contributed by atoms with Crippen molar-refractivity contribution in [3.8, 4) is 0 Å². The van der Waals surface area contributed by atoms with Gasteiger partial charge in [0.1, 0.15) is 0 Å². The van der Waals surface area contributed by atoms with Gasteiger partial charge in [-0.25, -0.2) is 0 Å². The molecule has 11 heavy (non-hydrogen) atoms. The first kappa shape index (κ1) is 8.58. The normalized spacial score (nSPS) is 22.5. The molecule has 0 spiro atoms. The van der Waals surface area contributed by atoms with E-state index in [1.807, 2.05) is 0 Å². The van der Waals surface area contributed by atoms with Gasteiger partial charge in [0.2, 0.25) is 0 Å². The van der Waals surface area contributed by atoms with Crippen LogP contribution in [0, 0.1) is 0 Å². The lowest BCUT2D eigenvalue weighted by molar-refractivity contribution is 0.650. The fraction of sp³-hybridized carbons (Fsp3) is 0.636. The van der Waals surface area contributed by atoms with Crippen molar-refractivity contribution >= 4 is 0 Å². The van der Waals surface area contributed by atoms with Crippen LogP contribution in [0.4, 0.5) is 0 Å². The van der Waals surface area contributed by atoms with E-state index in [1.54, 1.807) is 11.1 Å². The molecule has 62 valence electrons. The van der Waals surface area contributed by atoms with Crippen molar-refractivity contribution in [1.82, 2.24) is 0 Å². The molecule has 0 aromatic carbocycles. The highest BCUT2D eigenvalue weighted by Gasteiger charge is 2.11. The maximum atomic E-state index is 2.35. The first-order chi connectivity index (χ1) is 4.97. The second-order valence-electron chi connectivity index (χ2n) is 3.28. The fourth-order valence-electron chi connectivity index (χ4n) is 1.96. The molecule has 0 heterocycles. The van der Waals surface area contributed by atoms with E-state index in [1.165, 1.54) is 38.5 Å². The molecule has 0 nitrogen and oxygen atoms in total. The van der Waals surface area contributed by atoms with Gasteiger partial charge in [0.25, 0.3) is 0 Å². The smallest absolute Gasteiger partial charge is 0.0279 e. The van der Waals surface area contributed by atoms with E-state index in [-0.39, 0.29) is 7.43 Å². The lowest BCUT2D eigenvalue weighted by atomic mass is 9.86. The molecule has 0 aromatic rings. The Morgan fingerprint density at radius 3 is 2.64 bits per heavy atom. The standard InChI is InChI=1S/C10H14.CH4/c1-2-6-10-8-4-3-7-9(10)5-1;/h1,5H,2-4,6-8H2;1H4. The molecule has 0 atom stereocenters. The Labute approximate surface area is 70.0 Å². The summed E-state index contributed by atoms with van der Waals surface area (Å²) in [5, 5.41) is 0. The SMILES string of the molecule is C.C1=CC2=C(CC1)CCCC2. The van der Waals surface area contributed by atoms with Crippen LogP contribution in [-0.2, 0) is 0 Å². The fourth-order valence-corrected chi connectivity index (χ4v) is 1.96. The molecule has 0 saturated carbocycles. The van der Waals surface area contributed by atoms with Crippen molar-refractivity contribution in [2.45, 2.75) is 46.0 Å². The molecule has 0 N–H and O–H groups in total. The highest BCUT2D eigenvalue weighted by atomic mass is 14.2. The minimum Gasteiger partial charge on any atom is -0.0839 e. The molecule has 0 aromatic heterocycles. The van der Waals surface area contributed by atoms with E-state index in [4.69, 9.17) is 0 Å². The molecule has 0 amide bonds. The average Bonchev–Trinajstić information content (AvgIpc) is 2.05. The summed E-state index contributed by atoms with van der Waals surface area (Å²) >= 11 is 0. The van der Waals surface area contributed by atoms with Gasteiger partial charge in [0, 0.05) is 0 Å². The first-order valence-electron chi connectivity index (χ1n) is 4.34. The Morgan fingerprint density at radius 1 is 1.00 bits per heavy atom. The Kier molecular flexibility index (Phi) is 2.92. The van der Waals surface area contributed by atoms with E-state index < -0.39 is 0 Å². The zero-order valence-electron chi connectivity index (χ0n) is 6.40. The maximum absolute atomic E-state index is 2.35. The van der Waals surface area contributed by atoms with Crippen molar-refractivity contribution in [2.24, 2.45) is 0 Å². The van der Waals surface area contributed by atoms with Crippen LogP contribution in [0.2, 0.25) is 0 Å². The third-order valence-corrected chi connectivity index (χ3v) is 2.56. The summed E-state index contributed by atoms with van der Waals surface area (Å²) in [5.74, 6) is 0. The minimum atomic E-state index is 0. The van der Waals surface area contributed by atoms with Crippen LogP contribution < -0.4 is 0 Å². The summed E-state index contributed by atoms with van der Waals surface area (Å²) in [6.45, 7) is 0. The molecule has 0 heteroatoms. The highest BCUT2D eigenvalue weighted by molar-refractivity contribution is 5.30. The van der Waals surface area contributed by atoms with Gasteiger partial charge in [-0.3, -0.25) is 0 Å². The molecule has 0 saturated heterocycles. The molecule has 0 unspecified atom stereocenters. The van der Waals surface area contributed by atoms with Gasteiger partial charge in [-0.1, -0.05) is 25.2 Å². The summed E-state index contributed by atoms with van der Waals surface area (Å²) in [7, 11) is 0. The van der Waals surface area contributed by atoms with Gasteiger partial charge >= 0.3 is 0 Å². The number of hydrogen-bond acceptors (Lipinski definition) is 0. The van der Waals surface area contributed by atoms with Crippen molar-refractivity contribution < 1.29 is 0 Å². The third-order valence-electron chi connectivity index (χ3n) is 2.56. The van der Waals surface area contributed by atoms with E-state index in [2.05, 4.69) is 12.2 Å². The zero-order valence-corrected chi connectivity index (χ0v) is 6.40. The van der Waals surface area contributed by atoms with Gasteiger partial charge < -0.3 is 0 Å². The van der Waals surface area contributed by atoms with Crippen LogP contribution in [0.25, 0.3) is 0 Å². The Morgan fingerprint density at radius 2 is 1.82 bits per heavy atom. The molecule has 0 bridgehead atoms. The van der Waals surface area contributed by atoms with Crippen LogP contribution in [0.1, 0.15) is 46.0 Å². The van der Waals surface area contributed by atoms with Crippen LogP contribution in [0.15, 0.2) is 23.3 Å². The highest BCUT2D eigenvalue weighted by Crippen LogP contribution is 2.31. The van der Waals surface area contributed by atoms with Crippen molar-refractivity contribution in [3.63, 3.8) is 0 Å².